The van der Waals surface area contributed by atoms with Crippen molar-refractivity contribution in [1.82, 2.24) is 4.57 Å². The number of allylic oxidation sites excluding steroid dienone is 2. The Bertz CT molecular complexity index is 3980. The highest BCUT2D eigenvalue weighted by Gasteiger charge is 2.45. The summed E-state index contributed by atoms with van der Waals surface area (Å²) in [7, 11) is 0. The molecule has 1 atom stereocenters. The van der Waals surface area contributed by atoms with Crippen LogP contribution in [0.4, 0.5) is 11.4 Å². The minimum atomic E-state index is -0.695. The summed E-state index contributed by atoms with van der Waals surface area (Å²) in [4.78, 5) is 2.64. The molecule has 0 aliphatic heterocycles. The molecule has 1 aromatic heterocycles. The van der Waals surface area contributed by atoms with Crippen LogP contribution in [0, 0.1) is 0 Å². The second-order valence-electron chi connectivity index (χ2n) is 18.8. The molecule has 1 unspecified atom stereocenters. The molecule has 0 N–H and O–H groups in total. The van der Waals surface area contributed by atoms with Crippen LogP contribution in [0.1, 0.15) is 17.5 Å². The highest BCUT2D eigenvalue weighted by Crippen LogP contribution is 2.54. The molecule has 1 heterocycles. The van der Waals surface area contributed by atoms with Gasteiger partial charge in [-0.25, -0.2) is 0 Å². The largest absolute Gasteiger partial charge is 0.327 e. The van der Waals surface area contributed by atoms with Crippen molar-refractivity contribution in [2.75, 3.05) is 4.90 Å². The maximum absolute atomic E-state index is 2.64. The van der Waals surface area contributed by atoms with Crippen molar-refractivity contribution in [1.29, 1.82) is 0 Å². The van der Waals surface area contributed by atoms with Crippen molar-refractivity contribution in [2.45, 2.75) is 12.0 Å². The van der Waals surface area contributed by atoms with Gasteiger partial charge >= 0.3 is 0 Å². The number of para-hydroxylation sites is 2. The monoisotopic (exact) mass is 918 g/mol. The first-order valence-electron chi connectivity index (χ1n) is 25.0. The van der Waals surface area contributed by atoms with Crippen molar-refractivity contribution < 1.29 is 0 Å². The van der Waals surface area contributed by atoms with Crippen molar-refractivity contribution >= 4 is 49.5 Å². The lowest BCUT2D eigenvalue weighted by Crippen LogP contribution is -2.45. The molecule has 1 aliphatic carbocycles. The van der Waals surface area contributed by atoms with Gasteiger partial charge in [-0.05, 0) is 133 Å². The van der Waals surface area contributed by atoms with Crippen LogP contribution in [0.3, 0.4) is 0 Å². The quantitative estimate of drug-likeness (QED) is 0.133. The predicted molar refractivity (Wildman–Crippen MR) is 305 cm³/mol. The van der Waals surface area contributed by atoms with E-state index in [1.165, 1.54) is 88.2 Å². The Morgan fingerprint density at radius 1 is 0.361 bits per heavy atom. The number of hydrogen-bond acceptors (Lipinski definition) is 1. The first-order valence-corrected chi connectivity index (χ1v) is 25.0. The first kappa shape index (κ1) is 42.8. The number of anilines is 2. The van der Waals surface area contributed by atoms with Gasteiger partial charge in [-0.2, -0.15) is 0 Å². The van der Waals surface area contributed by atoms with Crippen LogP contribution in [0.2, 0.25) is 0 Å². The zero-order valence-electron chi connectivity index (χ0n) is 39.8. The Morgan fingerprint density at radius 3 is 1.71 bits per heavy atom. The summed E-state index contributed by atoms with van der Waals surface area (Å²) < 4.78 is 2.41. The van der Waals surface area contributed by atoms with E-state index in [2.05, 4.69) is 301 Å². The van der Waals surface area contributed by atoms with Gasteiger partial charge in [0.05, 0.1) is 11.0 Å². The van der Waals surface area contributed by atoms with Crippen LogP contribution >= 0.6 is 0 Å². The number of hydrogen-bond donors (Lipinski definition) is 0. The van der Waals surface area contributed by atoms with E-state index in [9.17, 15) is 0 Å². The van der Waals surface area contributed by atoms with Crippen molar-refractivity contribution in [2.24, 2.45) is 0 Å². The van der Waals surface area contributed by atoms with Gasteiger partial charge in [0.25, 0.3) is 0 Å². The Hall–Kier alpha value is -9.24. The Morgan fingerprint density at radius 2 is 0.931 bits per heavy atom. The maximum atomic E-state index is 2.64. The first-order chi connectivity index (χ1) is 35.7. The minimum Gasteiger partial charge on any atom is -0.327 e. The Balaban J connectivity index is 1.01. The summed E-state index contributed by atoms with van der Waals surface area (Å²) in [6, 6.07) is 100. The normalized spacial score (nSPS) is 14.4. The van der Waals surface area contributed by atoms with E-state index in [4.69, 9.17) is 0 Å². The van der Waals surface area contributed by atoms with Gasteiger partial charge in [-0.3, -0.25) is 0 Å². The van der Waals surface area contributed by atoms with Crippen LogP contribution in [-0.4, -0.2) is 4.57 Å². The van der Waals surface area contributed by atoms with E-state index >= 15 is 0 Å². The zero-order chi connectivity index (χ0) is 47.8. The number of rotatable bonds is 10. The van der Waals surface area contributed by atoms with Gasteiger partial charge in [0, 0.05) is 27.8 Å². The lowest BCUT2D eigenvalue weighted by atomic mass is 9.70. The van der Waals surface area contributed by atoms with E-state index in [1.807, 2.05) is 0 Å². The summed E-state index contributed by atoms with van der Waals surface area (Å²) in [6.45, 7) is 0. The van der Waals surface area contributed by atoms with Gasteiger partial charge in [-0.15, -0.1) is 0 Å². The third-order valence-electron chi connectivity index (χ3n) is 14.7. The predicted octanol–water partition coefficient (Wildman–Crippen LogP) is 18.7. The SMILES string of the molecule is C1=CCC(c2ccccc2-c2ccccc2)(N(c2ccc(-c3ccc(-c4ccc5ccccc5c4)cc3)cc2)c2cccc(-c3cccc4c3c3ccccc3n4-c3ccccc3)c2)C(c2ccccc2)=C1. The number of nitrogens with zero attached hydrogens (tertiary/aromatic N) is 2. The molecule has 13 rings (SSSR count). The second kappa shape index (κ2) is 18.3. The van der Waals surface area contributed by atoms with Crippen LogP contribution in [0.15, 0.2) is 291 Å². The van der Waals surface area contributed by atoms with Crippen LogP contribution < -0.4 is 4.90 Å². The zero-order valence-corrected chi connectivity index (χ0v) is 39.8. The van der Waals surface area contributed by atoms with Gasteiger partial charge in [-0.1, -0.05) is 237 Å². The topological polar surface area (TPSA) is 8.17 Å². The van der Waals surface area contributed by atoms with Crippen molar-refractivity contribution in [3.05, 3.63) is 302 Å². The highest BCUT2D eigenvalue weighted by atomic mass is 15.2. The average Bonchev–Trinajstić information content (AvgIpc) is 3.81. The number of benzene rings is 11. The second-order valence-corrected chi connectivity index (χ2v) is 18.8. The molecule has 2 nitrogen and oxygen atoms in total. The third kappa shape index (κ3) is 7.44. The molecule has 11 aromatic carbocycles. The summed E-state index contributed by atoms with van der Waals surface area (Å²) in [6.07, 6.45) is 7.69. The molecule has 72 heavy (non-hydrogen) atoms. The average molecular weight is 919 g/mol. The molecule has 0 radical (unpaired) electrons. The van der Waals surface area contributed by atoms with Crippen LogP contribution in [0.25, 0.3) is 88.3 Å². The minimum absolute atomic E-state index is 0.695. The van der Waals surface area contributed by atoms with Crippen molar-refractivity contribution in [3.8, 4) is 50.2 Å². The van der Waals surface area contributed by atoms with Crippen LogP contribution in [0.5, 0.6) is 0 Å². The fourth-order valence-electron chi connectivity index (χ4n) is 11.4. The lowest BCUT2D eigenvalue weighted by Gasteiger charge is -2.49. The molecule has 2 heteroatoms. The lowest BCUT2D eigenvalue weighted by molar-refractivity contribution is 0.568. The molecule has 0 bridgehead atoms. The van der Waals surface area contributed by atoms with Crippen molar-refractivity contribution in [3.63, 3.8) is 0 Å². The van der Waals surface area contributed by atoms with Crippen LogP contribution in [-0.2, 0) is 5.54 Å². The van der Waals surface area contributed by atoms with E-state index in [0.717, 1.165) is 29.0 Å². The van der Waals surface area contributed by atoms with E-state index in [1.54, 1.807) is 0 Å². The molecule has 0 saturated heterocycles. The fraction of sp³-hybridized carbons (Fsp3) is 0.0286. The summed E-state index contributed by atoms with van der Waals surface area (Å²) in [5.41, 5.74) is 18.2. The molecular weight excluding hydrogens is 869 g/mol. The van der Waals surface area contributed by atoms with Gasteiger partial charge in [0.2, 0.25) is 0 Å². The van der Waals surface area contributed by atoms with E-state index < -0.39 is 5.54 Å². The molecule has 0 saturated carbocycles. The maximum Gasteiger partial charge on any atom is 0.100 e. The Labute approximate surface area is 421 Å². The molecule has 340 valence electrons. The molecule has 0 fully saturated rings. The Kier molecular flexibility index (Phi) is 10.9. The molecule has 12 aromatic rings. The molecule has 1 aliphatic rings. The fourth-order valence-corrected chi connectivity index (χ4v) is 11.4. The number of fused-ring (bicyclic) bond motifs is 4. The molecule has 0 amide bonds. The molecule has 0 spiro atoms. The summed E-state index contributed by atoms with van der Waals surface area (Å²) >= 11 is 0. The summed E-state index contributed by atoms with van der Waals surface area (Å²) in [5, 5.41) is 4.98. The van der Waals surface area contributed by atoms with Gasteiger partial charge < -0.3 is 9.47 Å². The summed E-state index contributed by atoms with van der Waals surface area (Å²) in [5.74, 6) is 0. The number of aromatic nitrogens is 1. The van der Waals surface area contributed by atoms with Gasteiger partial charge in [0.15, 0.2) is 0 Å². The van der Waals surface area contributed by atoms with E-state index in [-0.39, 0.29) is 0 Å². The van der Waals surface area contributed by atoms with Gasteiger partial charge in [0.1, 0.15) is 5.54 Å². The highest BCUT2D eigenvalue weighted by molar-refractivity contribution is 6.16. The van der Waals surface area contributed by atoms with E-state index in [0.29, 0.717) is 0 Å². The standard InChI is InChI=1S/C70H50N2/c1-4-21-54(22-5-1)62-30-12-14-34-66(62)70(47-17-16-33-65(70)55-23-6-2-7-24-55)72(60-45-43-52(44-46-60)51-37-39-53(40-38-51)57-42-41-50-20-10-11-25-56(50)48-57)61-29-18-26-58(49-61)63-32-19-36-68-69(63)64-31-13-15-35-67(64)71(68)59-27-8-3-9-28-59/h1-46,48-49H,47H2. The third-order valence-corrected chi connectivity index (χ3v) is 14.7. The smallest absolute Gasteiger partial charge is 0.100 e. The molecular formula is C70H50N2.